The molecule has 1 unspecified atom stereocenters. The number of alkyl halides is 1. The van der Waals surface area contributed by atoms with Crippen molar-refractivity contribution in [2.75, 3.05) is 5.88 Å². The van der Waals surface area contributed by atoms with E-state index in [4.69, 9.17) is 11.6 Å². The summed E-state index contributed by atoms with van der Waals surface area (Å²) in [5, 5.41) is 0. The van der Waals surface area contributed by atoms with E-state index < -0.39 is 0 Å². The summed E-state index contributed by atoms with van der Waals surface area (Å²) in [5.41, 5.74) is 1.38. The third-order valence-corrected chi connectivity index (χ3v) is 3.43. The molecule has 1 aromatic carbocycles. The minimum absolute atomic E-state index is 0.604. The Balaban J connectivity index is 2.54. The van der Waals surface area contributed by atoms with E-state index in [9.17, 15) is 0 Å². The highest BCUT2D eigenvalue weighted by Crippen LogP contribution is 2.20. The first-order valence-corrected chi connectivity index (χ1v) is 6.75. The molecule has 0 fully saturated rings. The van der Waals surface area contributed by atoms with Gasteiger partial charge in [-0.1, -0.05) is 41.9 Å². The fourth-order valence-corrected chi connectivity index (χ4v) is 2.32. The second kappa shape index (κ2) is 6.55. The molecule has 0 nitrogen and oxygen atoms in total. The molecular formula is C13H18BrCl. The Labute approximate surface area is 106 Å². The fraction of sp³-hybridized carbons (Fsp3) is 0.538. The summed E-state index contributed by atoms with van der Waals surface area (Å²) in [7, 11) is 0. The Bertz CT molecular complexity index is 279. The van der Waals surface area contributed by atoms with Crippen LogP contribution in [-0.4, -0.2) is 5.88 Å². The maximum atomic E-state index is 5.98. The number of halogens is 2. The smallest absolute Gasteiger partial charge is 0.0255 e. The van der Waals surface area contributed by atoms with Crippen molar-refractivity contribution in [3.63, 3.8) is 0 Å². The summed E-state index contributed by atoms with van der Waals surface area (Å²) in [6.45, 7) is 4.50. The van der Waals surface area contributed by atoms with E-state index >= 15 is 0 Å². The molecule has 0 N–H and O–H groups in total. The van der Waals surface area contributed by atoms with E-state index in [1.807, 2.05) is 0 Å². The van der Waals surface area contributed by atoms with Crippen LogP contribution in [0.15, 0.2) is 28.7 Å². The second-order valence-electron chi connectivity index (χ2n) is 4.48. The van der Waals surface area contributed by atoms with Gasteiger partial charge in [0.15, 0.2) is 0 Å². The van der Waals surface area contributed by atoms with Crippen LogP contribution in [0.1, 0.15) is 25.8 Å². The van der Waals surface area contributed by atoms with Crippen molar-refractivity contribution < 1.29 is 0 Å². The lowest BCUT2D eigenvalue weighted by molar-refractivity contribution is 0.441. The van der Waals surface area contributed by atoms with Crippen LogP contribution < -0.4 is 0 Å². The third-order valence-electron chi connectivity index (χ3n) is 2.46. The average Bonchev–Trinajstić information content (AvgIpc) is 2.19. The molecule has 0 amide bonds. The quantitative estimate of drug-likeness (QED) is 0.677. The summed E-state index contributed by atoms with van der Waals surface area (Å²) in [6, 6.07) is 8.53. The van der Waals surface area contributed by atoms with Crippen LogP contribution in [0.25, 0.3) is 0 Å². The molecule has 0 spiro atoms. The van der Waals surface area contributed by atoms with Gasteiger partial charge in [-0.25, -0.2) is 0 Å². The second-order valence-corrected chi connectivity index (χ2v) is 5.70. The van der Waals surface area contributed by atoms with Gasteiger partial charge in [0.2, 0.25) is 0 Å². The predicted octanol–water partition coefficient (Wildman–Crippen LogP) is 4.89. The van der Waals surface area contributed by atoms with Crippen LogP contribution in [0.4, 0.5) is 0 Å². The van der Waals surface area contributed by atoms with Gasteiger partial charge in [0.1, 0.15) is 0 Å². The molecule has 0 saturated heterocycles. The lowest BCUT2D eigenvalue weighted by Crippen LogP contribution is -2.09. The summed E-state index contributed by atoms with van der Waals surface area (Å²) in [6.07, 6.45) is 2.30. The van der Waals surface area contributed by atoms with Gasteiger partial charge < -0.3 is 0 Å². The first-order chi connectivity index (χ1) is 7.11. The zero-order valence-corrected chi connectivity index (χ0v) is 11.7. The van der Waals surface area contributed by atoms with E-state index in [1.165, 1.54) is 12.0 Å². The van der Waals surface area contributed by atoms with E-state index in [2.05, 4.69) is 54.0 Å². The molecule has 2 heteroatoms. The Hall–Kier alpha value is -0.0100. The monoisotopic (exact) mass is 288 g/mol. The highest BCUT2D eigenvalue weighted by atomic mass is 79.9. The lowest BCUT2D eigenvalue weighted by Gasteiger charge is -2.16. The Morgan fingerprint density at radius 2 is 1.80 bits per heavy atom. The highest BCUT2D eigenvalue weighted by Gasteiger charge is 2.10. The van der Waals surface area contributed by atoms with Crippen LogP contribution in [0.2, 0.25) is 0 Å². The molecule has 1 aromatic rings. The first-order valence-electron chi connectivity index (χ1n) is 5.42. The minimum atomic E-state index is 0.604. The van der Waals surface area contributed by atoms with Crippen molar-refractivity contribution in [3.8, 4) is 0 Å². The van der Waals surface area contributed by atoms with Crippen molar-refractivity contribution in [3.05, 3.63) is 34.3 Å². The fourth-order valence-electron chi connectivity index (χ4n) is 1.82. The van der Waals surface area contributed by atoms with Crippen LogP contribution in [0.5, 0.6) is 0 Å². The van der Waals surface area contributed by atoms with E-state index in [0.717, 1.165) is 22.7 Å². The molecule has 0 aliphatic rings. The van der Waals surface area contributed by atoms with Crippen molar-refractivity contribution in [2.24, 2.45) is 11.8 Å². The molecule has 0 aliphatic carbocycles. The summed E-state index contributed by atoms with van der Waals surface area (Å²) >= 11 is 9.43. The van der Waals surface area contributed by atoms with E-state index in [-0.39, 0.29) is 0 Å². The standard InChI is InChI=1S/C13H18BrCl/c1-10(2)7-12(9-15)8-11-3-5-13(14)6-4-11/h3-6,10,12H,7-9H2,1-2H3. The number of hydrogen-bond donors (Lipinski definition) is 0. The SMILES string of the molecule is CC(C)CC(CCl)Cc1ccc(Br)cc1. The van der Waals surface area contributed by atoms with Crippen molar-refractivity contribution in [1.82, 2.24) is 0 Å². The molecule has 1 rings (SSSR count). The zero-order valence-electron chi connectivity index (χ0n) is 9.34. The van der Waals surface area contributed by atoms with Crippen LogP contribution >= 0.6 is 27.5 Å². The van der Waals surface area contributed by atoms with Crippen LogP contribution in [-0.2, 0) is 6.42 Å². The predicted molar refractivity (Wildman–Crippen MR) is 71.5 cm³/mol. The maximum Gasteiger partial charge on any atom is 0.0255 e. The number of rotatable bonds is 5. The normalized spacial score (nSPS) is 13.1. The molecule has 0 radical (unpaired) electrons. The number of hydrogen-bond acceptors (Lipinski definition) is 0. The molecule has 0 bridgehead atoms. The number of benzene rings is 1. The molecular weight excluding hydrogens is 272 g/mol. The van der Waals surface area contributed by atoms with E-state index in [0.29, 0.717) is 5.92 Å². The Kier molecular flexibility index (Phi) is 5.70. The topological polar surface area (TPSA) is 0 Å². The largest absolute Gasteiger partial charge is 0.126 e. The van der Waals surface area contributed by atoms with Crippen molar-refractivity contribution >= 4 is 27.5 Å². The van der Waals surface area contributed by atoms with Gasteiger partial charge in [-0.2, -0.15) is 0 Å². The summed E-state index contributed by atoms with van der Waals surface area (Å²) in [5.74, 6) is 2.09. The Morgan fingerprint density at radius 3 is 2.27 bits per heavy atom. The van der Waals surface area contributed by atoms with E-state index in [1.54, 1.807) is 0 Å². The minimum Gasteiger partial charge on any atom is -0.126 e. The van der Waals surface area contributed by atoms with Gasteiger partial charge in [-0.3, -0.25) is 0 Å². The third kappa shape index (κ3) is 5.03. The molecule has 1 atom stereocenters. The molecule has 15 heavy (non-hydrogen) atoms. The van der Waals surface area contributed by atoms with Crippen LogP contribution in [0.3, 0.4) is 0 Å². The zero-order chi connectivity index (χ0) is 11.3. The van der Waals surface area contributed by atoms with Gasteiger partial charge in [0.05, 0.1) is 0 Å². The van der Waals surface area contributed by atoms with Gasteiger partial charge in [0, 0.05) is 10.4 Å². The highest BCUT2D eigenvalue weighted by molar-refractivity contribution is 9.10. The summed E-state index contributed by atoms with van der Waals surface area (Å²) in [4.78, 5) is 0. The van der Waals surface area contributed by atoms with Gasteiger partial charge >= 0.3 is 0 Å². The van der Waals surface area contributed by atoms with Gasteiger partial charge in [-0.15, -0.1) is 11.6 Å². The van der Waals surface area contributed by atoms with Gasteiger partial charge in [-0.05, 0) is 42.4 Å². The molecule has 0 aromatic heterocycles. The average molecular weight is 290 g/mol. The maximum absolute atomic E-state index is 5.98. The Morgan fingerprint density at radius 1 is 1.20 bits per heavy atom. The molecule has 84 valence electrons. The van der Waals surface area contributed by atoms with Crippen LogP contribution in [0, 0.1) is 11.8 Å². The molecule has 0 aliphatic heterocycles. The first kappa shape index (κ1) is 13.1. The lowest BCUT2D eigenvalue weighted by atomic mass is 9.92. The van der Waals surface area contributed by atoms with Crippen molar-refractivity contribution in [1.29, 1.82) is 0 Å². The van der Waals surface area contributed by atoms with Crippen molar-refractivity contribution in [2.45, 2.75) is 26.7 Å². The summed E-state index contributed by atoms with van der Waals surface area (Å²) < 4.78 is 1.14. The molecule has 0 saturated carbocycles. The molecule has 0 heterocycles. The van der Waals surface area contributed by atoms with Gasteiger partial charge in [0.25, 0.3) is 0 Å².